The third-order valence-corrected chi connectivity index (χ3v) is 15.6. The van der Waals surface area contributed by atoms with Gasteiger partial charge in [-0.05, 0) is 132 Å². The van der Waals surface area contributed by atoms with E-state index in [1.165, 1.54) is 147 Å². The molecule has 0 amide bonds. The molecule has 0 saturated heterocycles. The highest BCUT2D eigenvalue weighted by Crippen LogP contribution is 2.17. The Kier molecular flexibility index (Phi) is 92.1. The second-order valence-corrected chi connectivity index (χ2v) is 31.7. The van der Waals surface area contributed by atoms with E-state index >= 15 is 0 Å². The highest BCUT2D eigenvalue weighted by atomic mass is 16.8. The molecule has 874 valence electrons. The molecule has 0 fully saturated rings. The highest BCUT2D eigenvalue weighted by molar-refractivity contribution is 5.80. The van der Waals surface area contributed by atoms with E-state index in [1.807, 2.05) is 0 Å². The monoisotopic (exact) mass is 2190 g/mol. The van der Waals surface area contributed by atoms with Crippen LogP contribution in [0.3, 0.4) is 0 Å². The summed E-state index contributed by atoms with van der Waals surface area (Å²) < 4.78 is 183. The van der Waals surface area contributed by atoms with Crippen LogP contribution >= 0.6 is 0 Å². The first-order chi connectivity index (χ1) is 69.9. The lowest BCUT2D eigenvalue weighted by Crippen LogP contribution is -2.39. The summed E-state index contributed by atoms with van der Waals surface area (Å²) in [6, 6.07) is 0. The van der Waals surface area contributed by atoms with Gasteiger partial charge in [-0.2, -0.15) is 0 Å². The smallest absolute Gasteiger partial charge is 0.461 e. The average Bonchev–Trinajstić information content (AvgIpc) is 0.892. The summed E-state index contributed by atoms with van der Waals surface area (Å²) >= 11 is 0. The van der Waals surface area contributed by atoms with Crippen LogP contribution in [0, 0.1) is 0 Å². The van der Waals surface area contributed by atoms with Gasteiger partial charge >= 0.3 is 97.7 Å². The Labute approximate surface area is 864 Å². The van der Waals surface area contributed by atoms with Crippen LogP contribution in [0.15, 0.2) is 0 Å². The first-order valence-corrected chi connectivity index (χ1v) is 45.9. The molecule has 0 aliphatic rings. The van der Waals surface area contributed by atoms with Gasteiger partial charge in [0.25, 0.3) is 0 Å². The van der Waals surface area contributed by atoms with E-state index in [-0.39, 0.29) is 242 Å². The molecule has 0 aromatic heterocycles. The van der Waals surface area contributed by atoms with E-state index in [4.69, 9.17) is 140 Å². The molecular formula is C89H158O60. The summed E-state index contributed by atoms with van der Waals surface area (Å²) in [5, 5.41) is 52.8. The molecule has 11 unspecified atom stereocenters. The zero-order chi connectivity index (χ0) is 115. The van der Waals surface area contributed by atoms with Crippen molar-refractivity contribution in [1.82, 2.24) is 0 Å². The van der Waals surface area contributed by atoms with Gasteiger partial charge in [-0.3, -0.25) is 0 Å². The van der Waals surface area contributed by atoms with Gasteiger partial charge in [0, 0.05) is 42.7 Å². The van der Waals surface area contributed by atoms with E-state index in [1.54, 1.807) is 27.7 Å². The number of esters is 4. The number of rotatable bonds is 68. The number of carbonyl (C=O) groups excluding carboxylic acids is 16. The Hall–Kier alpha value is -11.5. The quantitative estimate of drug-likeness (QED) is 0.0258. The molecule has 6 N–H and O–H groups in total. The second kappa shape index (κ2) is 92.6. The summed E-state index contributed by atoms with van der Waals surface area (Å²) in [4.78, 5) is 182. The van der Waals surface area contributed by atoms with Crippen LogP contribution in [0.1, 0.15) is 132 Å². The topological polar surface area (TPSA) is 745 Å². The van der Waals surface area contributed by atoms with Crippen molar-refractivity contribution < 1.29 is 287 Å². The van der Waals surface area contributed by atoms with E-state index in [2.05, 4.69) is 71.1 Å². The summed E-state index contributed by atoms with van der Waals surface area (Å²) in [5.41, 5.74) is -5.12. The lowest BCUT2D eigenvalue weighted by molar-refractivity contribution is -0.172. The number of hydrogen-bond acceptors (Lipinski definition) is 60. The molecule has 11 atom stereocenters. The lowest BCUT2D eigenvalue weighted by Gasteiger charge is -2.24. The molecule has 0 saturated carbocycles. The molecule has 60 heteroatoms. The summed E-state index contributed by atoms with van der Waals surface area (Å²) in [6.45, 7) is 25.8. The molecule has 0 radical (unpaired) electrons. The molecule has 0 rings (SSSR count). The fraction of sp³-hybridized carbons (Fsp3) is 0.820. The number of aliphatic hydroxyl groups excluding tert-OH is 6. The first-order valence-electron chi connectivity index (χ1n) is 45.9. The Balaban J connectivity index is -0.000000426. The third-order valence-electron chi connectivity index (χ3n) is 15.6. The fourth-order valence-corrected chi connectivity index (χ4v) is 7.47. The maximum atomic E-state index is 12.1. The van der Waals surface area contributed by atoms with Crippen molar-refractivity contribution in [2.75, 3.05) is 261 Å². The Morgan fingerprint density at radius 2 is 0.322 bits per heavy atom. The van der Waals surface area contributed by atoms with Crippen LogP contribution in [-0.4, -0.2) is 479 Å². The van der Waals surface area contributed by atoms with Crippen molar-refractivity contribution >= 4 is 97.7 Å². The van der Waals surface area contributed by atoms with E-state index in [0.29, 0.717) is 0 Å². The van der Waals surface area contributed by atoms with E-state index in [9.17, 15) is 76.7 Å². The van der Waals surface area contributed by atoms with Crippen molar-refractivity contribution in [3.05, 3.63) is 0 Å². The van der Waals surface area contributed by atoms with Crippen LogP contribution in [0.5, 0.6) is 0 Å². The summed E-state index contributed by atoms with van der Waals surface area (Å²) in [5.74, 6) is -2.53. The molecule has 0 aromatic carbocycles. The van der Waals surface area contributed by atoms with Crippen molar-refractivity contribution in [3.8, 4) is 0 Å². The SMILES string of the molecule is COC(C)COC(=O)C(C)(C)OCCOC(=O)OC(C)COC(=O)OCCOC(C)(C)C(=O)OCC(C)O.COC(C)COC(=O)C(C)(C)OCCOC(=O)OCCOC(=O)OCCOC(C)(C)C(=O)OCC(C)O.COC(C)COC(=O)OC(C)COC(=O)OCC(C)O.COC(C)COC(=O)OCCOC(=O)OCC(C)O.COCCOC(=O)OC(C)COC(=O)OCCO.COCCOC(=O)OCCOC(=O)OCCO. The van der Waals surface area contributed by atoms with Crippen molar-refractivity contribution in [2.45, 2.75) is 221 Å². The largest absolute Gasteiger partial charge is 0.508 e. The number of carbonyl (C=O) groups is 16. The summed E-state index contributed by atoms with van der Waals surface area (Å²) in [7, 11) is 8.93. The molecule has 0 aliphatic carbocycles. The second-order valence-electron chi connectivity index (χ2n) is 31.7. The Bertz CT molecular complexity index is 3550. The maximum absolute atomic E-state index is 12.1. The van der Waals surface area contributed by atoms with Gasteiger partial charge in [0.05, 0.1) is 102 Å². The predicted molar refractivity (Wildman–Crippen MR) is 496 cm³/mol. The number of ether oxygens (including phenoxy) is 38. The lowest BCUT2D eigenvalue weighted by atomic mass is 10.1. The molecule has 0 bridgehead atoms. The predicted octanol–water partition coefficient (Wildman–Crippen LogP) is 5.22. The van der Waals surface area contributed by atoms with Gasteiger partial charge in [0.15, 0.2) is 22.4 Å². The number of methoxy groups -OCH3 is 6. The highest BCUT2D eigenvalue weighted by Gasteiger charge is 2.35. The standard InChI is InChI=1S/C24H42O14.C23H40O14.C12H22O8.C11H20O8.C10H18O8.C9H16O8/c1-16(25)13-33-19(26)23(4,5)36-11-9-31-21(28)35-15-18(3)38-22(29)32-10-12-37-24(6,7)20(27)34-14-17(2)30-8;1-16(24)14-34-18(25)22(3,4)36-12-10-32-20(27)30-8-9-31-21(28)33-11-13-37-23(5,6)19(26)35-15-17(2)29-7;1-8(13)5-17-11(14)18-7-10(3)20-12(15)19-6-9(2)16-4;1-8(12)6-18-10(13)16-4-5-17-11(14)19-7-9(2)15-3;1-8(7-17-9(12)15-4-3-11)18-10(13)16-6-5-14-2;1-13-4-5-15-9(12)17-7-6-16-8(11)14-3-2-10/h16-18,25H,9-15H2,1-8H3;16-17,24H,8-15H2,1-7H3;8-10,13H,5-7H2,1-4H3;8-9,12H,4-7H2,1-3H3;8,11H,3-7H2,1-2H3;10H,2-7H2,1H3. The van der Waals surface area contributed by atoms with Crippen molar-refractivity contribution in [2.24, 2.45) is 0 Å². The minimum absolute atomic E-state index is 0.0688. The average molecular weight is 2190 g/mol. The van der Waals surface area contributed by atoms with Crippen molar-refractivity contribution in [1.29, 1.82) is 0 Å². The fourth-order valence-electron chi connectivity index (χ4n) is 7.47. The molecule has 60 nitrogen and oxygen atoms in total. The third kappa shape index (κ3) is 98.3. The molecule has 0 aliphatic heterocycles. The molecule has 0 spiro atoms. The normalized spacial score (nSPS) is 13.0. The van der Waals surface area contributed by atoms with Crippen LogP contribution < -0.4 is 0 Å². The zero-order valence-electron chi connectivity index (χ0n) is 89.4. The molecule has 0 aromatic rings. The zero-order valence-corrected chi connectivity index (χ0v) is 89.4. The van der Waals surface area contributed by atoms with Gasteiger partial charge in [0.1, 0.15) is 183 Å². The Morgan fingerprint density at radius 3 is 0.523 bits per heavy atom. The number of aliphatic hydroxyl groups is 6. The molecule has 149 heavy (non-hydrogen) atoms. The number of hydrogen-bond donors (Lipinski definition) is 6. The van der Waals surface area contributed by atoms with Gasteiger partial charge in [-0.25, -0.2) is 76.7 Å². The van der Waals surface area contributed by atoms with Crippen LogP contribution in [0.2, 0.25) is 0 Å². The first kappa shape index (κ1) is 148. The Morgan fingerprint density at radius 1 is 0.181 bits per heavy atom. The van der Waals surface area contributed by atoms with Gasteiger partial charge in [-0.1, -0.05) is 0 Å². The minimum Gasteiger partial charge on any atom is -0.461 e. The minimum atomic E-state index is -1.31. The van der Waals surface area contributed by atoms with E-state index < -0.39 is 163 Å². The van der Waals surface area contributed by atoms with Crippen LogP contribution in [-0.2, 0) is 199 Å². The van der Waals surface area contributed by atoms with E-state index in [0.717, 1.165) is 0 Å². The van der Waals surface area contributed by atoms with Gasteiger partial charge in [0.2, 0.25) is 0 Å². The van der Waals surface area contributed by atoms with Crippen molar-refractivity contribution in [3.63, 3.8) is 0 Å². The van der Waals surface area contributed by atoms with Crippen LogP contribution in [0.25, 0.3) is 0 Å². The van der Waals surface area contributed by atoms with Gasteiger partial charge < -0.3 is 211 Å². The van der Waals surface area contributed by atoms with Crippen LogP contribution in [0.4, 0.5) is 57.5 Å². The molecular weight excluding hydrogens is 2030 g/mol. The molecule has 0 heterocycles. The van der Waals surface area contributed by atoms with Gasteiger partial charge in [-0.15, -0.1) is 0 Å². The maximum Gasteiger partial charge on any atom is 0.508 e. The summed E-state index contributed by atoms with van der Waals surface area (Å²) in [6.07, 6.45) is -17.6.